The molecule has 8 bridgehead atoms. The fourth-order valence-corrected chi connectivity index (χ4v) is 8.33. The van der Waals surface area contributed by atoms with Gasteiger partial charge in [-0.15, -0.1) is 0 Å². The van der Waals surface area contributed by atoms with Gasteiger partial charge in [-0.3, -0.25) is 0 Å². The maximum atomic E-state index is 2.00. The Morgan fingerprint density at radius 3 is 0.484 bits per heavy atom. The van der Waals surface area contributed by atoms with Crippen LogP contribution in [-0.2, 0) is 0 Å². The van der Waals surface area contributed by atoms with Crippen LogP contribution in [0, 0.1) is 47.3 Å². The Balaban J connectivity index is 0.000000208. The van der Waals surface area contributed by atoms with Crippen LogP contribution in [-0.4, -0.2) is 0 Å². The molecule has 186 valence electrons. The van der Waals surface area contributed by atoms with Crippen LogP contribution in [0.4, 0.5) is 0 Å². The first-order valence-electron chi connectivity index (χ1n) is 14.8. The Morgan fingerprint density at radius 2 is 0.387 bits per heavy atom. The summed E-state index contributed by atoms with van der Waals surface area (Å²) in [4.78, 5) is 0. The molecular weight excluding hydrogens is 372 g/mol. The summed E-state index contributed by atoms with van der Waals surface area (Å²) in [5.74, 6) is 9.39. The fourth-order valence-electron chi connectivity index (χ4n) is 8.33. The third kappa shape index (κ3) is 8.70. The van der Waals surface area contributed by atoms with Crippen LogP contribution in [0.2, 0.25) is 0 Å². The summed E-state index contributed by atoms with van der Waals surface area (Å²) in [6.45, 7) is 12.0. The van der Waals surface area contributed by atoms with Gasteiger partial charge in [-0.2, -0.15) is 0 Å². The van der Waals surface area contributed by atoms with Gasteiger partial charge in [-0.1, -0.05) is 100 Å². The normalized spacial score (nSPS) is 40.8. The highest BCUT2D eigenvalue weighted by atomic mass is 14.5. The van der Waals surface area contributed by atoms with E-state index >= 15 is 0 Å². The van der Waals surface area contributed by atoms with Crippen LogP contribution >= 0.6 is 0 Å². The Kier molecular flexibility index (Phi) is 14.8. The molecule has 0 saturated heterocycles. The fraction of sp³-hybridized carbons (Fsp3) is 1.00. The molecule has 8 fully saturated rings. The zero-order valence-electron chi connectivity index (χ0n) is 21.9. The van der Waals surface area contributed by atoms with Gasteiger partial charge in [0.25, 0.3) is 0 Å². The summed E-state index contributed by atoms with van der Waals surface area (Å²) in [5, 5.41) is 0. The van der Waals surface area contributed by atoms with E-state index in [0.29, 0.717) is 0 Å². The summed E-state index contributed by atoms with van der Waals surface area (Å²) < 4.78 is 0. The standard InChI is InChI=1S/C10H16.2C7H12.3C2H6.CH4/c1-7-2-9-4-8(1)5-10(3-7)6-9;2*1-2-7-4-3-6(1)5-7;3*1-2;/h7-10H,1-6H2;2*6-7H,1-5H2;3*1-2H3;1H4. The molecule has 8 aliphatic carbocycles. The number of hydrogen-bond acceptors (Lipinski definition) is 0. The molecule has 0 unspecified atom stereocenters. The van der Waals surface area contributed by atoms with Crippen LogP contribution in [0.15, 0.2) is 0 Å². The van der Waals surface area contributed by atoms with E-state index in [1.165, 1.54) is 47.3 Å². The van der Waals surface area contributed by atoms with Gasteiger partial charge in [0.2, 0.25) is 0 Å². The molecule has 0 nitrogen and oxygen atoms in total. The molecule has 0 heteroatoms. The van der Waals surface area contributed by atoms with Crippen molar-refractivity contribution in [2.75, 3.05) is 0 Å². The molecule has 0 aromatic rings. The van der Waals surface area contributed by atoms with E-state index in [2.05, 4.69) is 0 Å². The van der Waals surface area contributed by atoms with E-state index in [-0.39, 0.29) is 7.43 Å². The van der Waals surface area contributed by atoms with Crippen LogP contribution < -0.4 is 0 Å². The Bertz CT molecular complexity index is 309. The number of rotatable bonds is 0. The molecule has 0 heterocycles. The maximum Gasteiger partial charge on any atom is -0.0406 e. The zero-order chi connectivity index (χ0) is 21.9. The van der Waals surface area contributed by atoms with E-state index < -0.39 is 0 Å². The van der Waals surface area contributed by atoms with E-state index in [0.717, 1.165) is 0 Å². The minimum Gasteiger partial charge on any atom is -0.0776 e. The minimum atomic E-state index is 0. The lowest BCUT2D eigenvalue weighted by Crippen LogP contribution is -2.38. The van der Waals surface area contributed by atoms with E-state index in [4.69, 9.17) is 0 Å². The van der Waals surface area contributed by atoms with Crippen molar-refractivity contribution in [2.45, 2.75) is 152 Å². The van der Waals surface area contributed by atoms with Crippen molar-refractivity contribution in [3.63, 3.8) is 0 Å². The summed E-state index contributed by atoms with van der Waals surface area (Å²) in [7, 11) is 0. The molecule has 0 aliphatic heterocycles. The van der Waals surface area contributed by atoms with Crippen molar-refractivity contribution in [1.29, 1.82) is 0 Å². The predicted molar refractivity (Wildman–Crippen MR) is 143 cm³/mol. The molecule has 0 N–H and O–H groups in total. The van der Waals surface area contributed by atoms with Crippen molar-refractivity contribution < 1.29 is 0 Å². The van der Waals surface area contributed by atoms with E-state index in [1.54, 1.807) is 103 Å². The Labute approximate surface area is 199 Å². The van der Waals surface area contributed by atoms with Gasteiger partial charge in [0.1, 0.15) is 0 Å². The molecule has 0 aromatic heterocycles. The maximum absolute atomic E-state index is 2.00. The second-order valence-electron chi connectivity index (χ2n) is 11.1. The van der Waals surface area contributed by atoms with Gasteiger partial charge in [0, 0.05) is 0 Å². The van der Waals surface area contributed by atoms with Crippen LogP contribution in [0.5, 0.6) is 0 Å². The summed E-state index contributed by atoms with van der Waals surface area (Å²) in [6.07, 6.45) is 25.3. The first-order chi connectivity index (χ1) is 14.8. The highest BCUT2D eigenvalue weighted by Crippen LogP contribution is 2.53. The first kappa shape index (κ1) is 29.0. The lowest BCUT2D eigenvalue weighted by Gasteiger charge is -2.49. The van der Waals surface area contributed by atoms with Gasteiger partial charge in [-0.25, -0.2) is 0 Å². The third-order valence-electron chi connectivity index (χ3n) is 9.27. The second-order valence-corrected chi connectivity index (χ2v) is 11.1. The lowest BCUT2D eigenvalue weighted by atomic mass is 9.56. The quantitative estimate of drug-likeness (QED) is 0.355. The average molecular weight is 435 g/mol. The molecule has 8 rings (SSSR count). The summed E-state index contributed by atoms with van der Waals surface area (Å²) in [5.41, 5.74) is 0. The molecule has 0 aromatic carbocycles. The average Bonchev–Trinajstić information content (AvgIpc) is 3.62. The van der Waals surface area contributed by atoms with Crippen LogP contribution in [0.3, 0.4) is 0 Å². The minimum absolute atomic E-state index is 0. The smallest absolute Gasteiger partial charge is 0.0406 e. The van der Waals surface area contributed by atoms with Crippen molar-refractivity contribution in [1.82, 2.24) is 0 Å². The zero-order valence-corrected chi connectivity index (χ0v) is 21.9. The van der Waals surface area contributed by atoms with Crippen molar-refractivity contribution in [3.8, 4) is 0 Å². The largest absolute Gasteiger partial charge is 0.0776 e. The van der Waals surface area contributed by atoms with Gasteiger partial charge >= 0.3 is 0 Å². The van der Waals surface area contributed by atoms with Crippen LogP contribution in [0.25, 0.3) is 0 Å². The molecule has 0 spiro atoms. The van der Waals surface area contributed by atoms with Gasteiger partial charge < -0.3 is 0 Å². The molecule has 0 radical (unpaired) electrons. The molecular formula is C31H62. The van der Waals surface area contributed by atoms with Gasteiger partial charge in [-0.05, 0) is 98.7 Å². The molecule has 0 amide bonds. The molecule has 8 saturated carbocycles. The summed E-state index contributed by atoms with van der Waals surface area (Å²) in [6, 6.07) is 0. The van der Waals surface area contributed by atoms with Crippen molar-refractivity contribution in [2.24, 2.45) is 47.3 Å². The SMILES string of the molecule is C.C1C2CC3CC1CC(C2)C3.C1CC2CCC1C2.C1CC2CCC1C2.CC.CC.CC. The Morgan fingerprint density at radius 1 is 0.258 bits per heavy atom. The van der Waals surface area contributed by atoms with Crippen molar-refractivity contribution in [3.05, 3.63) is 0 Å². The second kappa shape index (κ2) is 15.8. The summed E-state index contributed by atoms with van der Waals surface area (Å²) >= 11 is 0. The van der Waals surface area contributed by atoms with Gasteiger partial charge in [0.05, 0.1) is 0 Å². The third-order valence-corrected chi connectivity index (χ3v) is 9.27. The topological polar surface area (TPSA) is 0 Å². The first-order valence-corrected chi connectivity index (χ1v) is 14.8. The molecule has 31 heavy (non-hydrogen) atoms. The highest BCUT2D eigenvalue weighted by molar-refractivity contribution is 4.93. The lowest BCUT2D eigenvalue weighted by molar-refractivity contribution is 0.0198. The van der Waals surface area contributed by atoms with Gasteiger partial charge in [0.15, 0.2) is 0 Å². The monoisotopic (exact) mass is 434 g/mol. The number of fused-ring (bicyclic) bond motifs is 4. The Hall–Kier alpha value is 0. The van der Waals surface area contributed by atoms with Crippen molar-refractivity contribution >= 4 is 0 Å². The molecule has 0 atom stereocenters. The van der Waals surface area contributed by atoms with E-state index in [1.807, 2.05) is 41.5 Å². The molecule has 8 aliphatic rings. The highest BCUT2D eigenvalue weighted by Gasteiger charge is 2.41. The van der Waals surface area contributed by atoms with Crippen LogP contribution in [0.1, 0.15) is 152 Å². The predicted octanol–water partition coefficient (Wildman–Crippen LogP) is 10.9. The number of hydrogen-bond donors (Lipinski definition) is 0. The van der Waals surface area contributed by atoms with E-state index in [9.17, 15) is 0 Å².